The van der Waals surface area contributed by atoms with Crippen LogP contribution in [-0.4, -0.2) is 51.9 Å². The average Bonchev–Trinajstić information content (AvgIpc) is 2.80. The summed E-state index contributed by atoms with van der Waals surface area (Å²) in [6.07, 6.45) is -1.02. The zero-order chi connectivity index (χ0) is 16.2. The summed E-state index contributed by atoms with van der Waals surface area (Å²) in [7, 11) is 4.27. The Morgan fingerprint density at radius 3 is 2.77 bits per heavy atom. The zero-order valence-corrected chi connectivity index (χ0v) is 12.8. The summed E-state index contributed by atoms with van der Waals surface area (Å²) in [6, 6.07) is 5.13. The Kier molecular flexibility index (Phi) is 5.23. The number of esters is 1. The average molecular weight is 312 g/mol. The molecule has 0 bridgehead atoms. The lowest BCUT2D eigenvalue weighted by Gasteiger charge is -2.27. The fourth-order valence-corrected chi connectivity index (χ4v) is 2.46. The molecule has 0 saturated carbocycles. The van der Waals surface area contributed by atoms with Crippen LogP contribution in [0.5, 0.6) is 11.5 Å². The second kappa shape index (κ2) is 6.95. The summed E-state index contributed by atoms with van der Waals surface area (Å²) in [5.41, 5.74) is -1.08. The van der Waals surface area contributed by atoms with Gasteiger partial charge in [-0.2, -0.15) is 0 Å². The molecule has 2 atom stereocenters. The molecule has 1 N–H and O–H groups in total. The Hall–Kier alpha value is -1.83. The second-order valence-corrected chi connectivity index (χ2v) is 4.90. The molecule has 2 unspecified atom stereocenters. The predicted octanol–water partition coefficient (Wildman–Crippen LogP) is 0.827. The van der Waals surface area contributed by atoms with Gasteiger partial charge in [-0.15, -0.1) is 0 Å². The standard InChI is InChI=1S/C15H20O7/c1-18-9-21-8-12-15(17,7-13(16)20-3)10-5-4-6-11(19-2)14(10)22-12/h4-6,12,17H,7-9H2,1-3H3. The van der Waals surface area contributed by atoms with Crippen LogP contribution in [0.15, 0.2) is 18.2 Å². The van der Waals surface area contributed by atoms with Crippen molar-refractivity contribution in [3.63, 3.8) is 0 Å². The van der Waals surface area contributed by atoms with Crippen molar-refractivity contribution >= 4 is 5.97 Å². The number of methoxy groups -OCH3 is 3. The van der Waals surface area contributed by atoms with Gasteiger partial charge in [0.15, 0.2) is 17.6 Å². The van der Waals surface area contributed by atoms with Gasteiger partial charge in [0, 0.05) is 12.7 Å². The van der Waals surface area contributed by atoms with E-state index in [2.05, 4.69) is 4.74 Å². The number of ether oxygens (including phenoxy) is 5. The Morgan fingerprint density at radius 1 is 1.36 bits per heavy atom. The number of carbonyl (C=O) groups is 1. The zero-order valence-electron chi connectivity index (χ0n) is 12.8. The number of para-hydroxylation sites is 1. The number of hydrogen-bond donors (Lipinski definition) is 1. The molecule has 7 nitrogen and oxygen atoms in total. The third-order valence-electron chi connectivity index (χ3n) is 3.57. The van der Waals surface area contributed by atoms with E-state index in [9.17, 15) is 9.90 Å². The van der Waals surface area contributed by atoms with E-state index in [4.69, 9.17) is 18.9 Å². The molecule has 2 rings (SSSR count). The molecule has 1 heterocycles. The SMILES string of the molecule is COCOCC1Oc2c(OC)cccc2C1(O)CC(=O)OC. The molecule has 0 fully saturated rings. The normalized spacial score (nSPS) is 22.8. The van der Waals surface area contributed by atoms with Crippen LogP contribution < -0.4 is 9.47 Å². The van der Waals surface area contributed by atoms with Gasteiger partial charge in [-0.05, 0) is 6.07 Å². The minimum Gasteiger partial charge on any atom is -0.493 e. The highest BCUT2D eigenvalue weighted by Gasteiger charge is 2.50. The second-order valence-electron chi connectivity index (χ2n) is 4.90. The smallest absolute Gasteiger partial charge is 0.308 e. The fraction of sp³-hybridized carbons (Fsp3) is 0.533. The van der Waals surface area contributed by atoms with Crippen molar-refractivity contribution in [2.75, 3.05) is 34.7 Å². The molecule has 0 radical (unpaired) electrons. The van der Waals surface area contributed by atoms with E-state index in [1.54, 1.807) is 18.2 Å². The van der Waals surface area contributed by atoms with Crippen molar-refractivity contribution in [2.45, 2.75) is 18.1 Å². The van der Waals surface area contributed by atoms with Gasteiger partial charge in [0.05, 0.1) is 27.2 Å². The fourth-order valence-electron chi connectivity index (χ4n) is 2.46. The number of carbonyl (C=O) groups excluding carboxylic acids is 1. The van der Waals surface area contributed by atoms with Crippen molar-refractivity contribution in [3.05, 3.63) is 23.8 Å². The van der Waals surface area contributed by atoms with E-state index in [1.165, 1.54) is 21.3 Å². The van der Waals surface area contributed by atoms with Crippen molar-refractivity contribution in [3.8, 4) is 11.5 Å². The minimum absolute atomic E-state index is 0.0547. The molecule has 0 amide bonds. The van der Waals surface area contributed by atoms with Gasteiger partial charge in [-0.25, -0.2) is 0 Å². The minimum atomic E-state index is -1.55. The summed E-state index contributed by atoms with van der Waals surface area (Å²) < 4.78 is 25.8. The van der Waals surface area contributed by atoms with Crippen LogP contribution >= 0.6 is 0 Å². The first-order valence-electron chi connectivity index (χ1n) is 6.76. The number of aliphatic hydroxyl groups is 1. The van der Waals surface area contributed by atoms with E-state index >= 15 is 0 Å². The Labute approximate surface area is 128 Å². The quantitative estimate of drug-likeness (QED) is 0.453. The summed E-state index contributed by atoms with van der Waals surface area (Å²) in [6.45, 7) is 0.112. The van der Waals surface area contributed by atoms with E-state index in [0.29, 0.717) is 17.1 Å². The van der Waals surface area contributed by atoms with Gasteiger partial charge in [-0.3, -0.25) is 4.79 Å². The van der Waals surface area contributed by atoms with Crippen LogP contribution in [0.25, 0.3) is 0 Å². The van der Waals surface area contributed by atoms with Crippen LogP contribution in [0.1, 0.15) is 12.0 Å². The van der Waals surface area contributed by atoms with Crippen LogP contribution in [0.4, 0.5) is 0 Å². The van der Waals surface area contributed by atoms with Crippen molar-refractivity contribution < 1.29 is 33.6 Å². The molecular formula is C15H20O7. The van der Waals surface area contributed by atoms with Crippen molar-refractivity contribution in [1.29, 1.82) is 0 Å². The summed E-state index contributed by atoms with van der Waals surface area (Å²) in [4.78, 5) is 11.7. The number of fused-ring (bicyclic) bond motifs is 1. The Balaban J connectivity index is 2.33. The van der Waals surface area contributed by atoms with Gasteiger partial charge in [0.1, 0.15) is 12.4 Å². The summed E-state index contributed by atoms with van der Waals surface area (Å²) in [5.74, 6) is 0.343. The predicted molar refractivity (Wildman–Crippen MR) is 75.8 cm³/mol. The van der Waals surface area contributed by atoms with Crippen LogP contribution in [0.3, 0.4) is 0 Å². The first-order chi connectivity index (χ1) is 10.6. The lowest BCUT2D eigenvalue weighted by molar-refractivity contribution is -0.154. The highest BCUT2D eigenvalue weighted by Crippen LogP contribution is 2.48. The van der Waals surface area contributed by atoms with Crippen molar-refractivity contribution in [2.24, 2.45) is 0 Å². The van der Waals surface area contributed by atoms with Gasteiger partial charge < -0.3 is 28.8 Å². The lowest BCUT2D eigenvalue weighted by Crippen LogP contribution is -2.43. The highest BCUT2D eigenvalue weighted by molar-refractivity contribution is 5.72. The molecule has 122 valence electrons. The first-order valence-corrected chi connectivity index (χ1v) is 6.76. The van der Waals surface area contributed by atoms with Gasteiger partial charge >= 0.3 is 5.97 Å². The van der Waals surface area contributed by atoms with E-state index in [-0.39, 0.29) is 19.8 Å². The molecular weight excluding hydrogens is 292 g/mol. The van der Waals surface area contributed by atoms with E-state index in [0.717, 1.165) is 0 Å². The van der Waals surface area contributed by atoms with Gasteiger partial charge in [0.2, 0.25) is 0 Å². The molecule has 1 aromatic carbocycles. The first kappa shape index (κ1) is 16.5. The monoisotopic (exact) mass is 312 g/mol. The maximum absolute atomic E-state index is 11.7. The largest absolute Gasteiger partial charge is 0.493 e. The summed E-state index contributed by atoms with van der Waals surface area (Å²) >= 11 is 0. The molecule has 1 aromatic rings. The maximum atomic E-state index is 11.7. The molecule has 0 spiro atoms. The van der Waals surface area contributed by atoms with Crippen LogP contribution in [-0.2, 0) is 24.6 Å². The molecule has 7 heteroatoms. The third kappa shape index (κ3) is 3.01. The third-order valence-corrected chi connectivity index (χ3v) is 3.57. The van der Waals surface area contributed by atoms with Gasteiger partial charge in [-0.1, -0.05) is 12.1 Å². The molecule has 1 aliphatic heterocycles. The maximum Gasteiger partial charge on any atom is 0.308 e. The Bertz CT molecular complexity index is 531. The van der Waals surface area contributed by atoms with Crippen molar-refractivity contribution in [1.82, 2.24) is 0 Å². The molecule has 0 saturated heterocycles. The molecule has 0 aromatic heterocycles. The Morgan fingerprint density at radius 2 is 2.14 bits per heavy atom. The van der Waals surface area contributed by atoms with E-state index in [1.807, 2.05) is 0 Å². The number of benzene rings is 1. The van der Waals surface area contributed by atoms with Crippen LogP contribution in [0, 0.1) is 0 Å². The highest BCUT2D eigenvalue weighted by atomic mass is 16.7. The molecule has 22 heavy (non-hydrogen) atoms. The molecule has 0 aliphatic carbocycles. The van der Waals surface area contributed by atoms with E-state index < -0.39 is 17.7 Å². The number of rotatable bonds is 7. The summed E-state index contributed by atoms with van der Waals surface area (Å²) in [5, 5.41) is 11.0. The molecule has 1 aliphatic rings. The topological polar surface area (TPSA) is 83.5 Å². The van der Waals surface area contributed by atoms with Crippen LogP contribution in [0.2, 0.25) is 0 Å². The number of hydrogen-bond acceptors (Lipinski definition) is 7. The van der Waals surface area contributed by atoms with Gasteiger partial charge in [0.25, 0.3) is 0 Å². The lowest BCUT2D eigenvalue weighted by atomic mass is 9.87.